The van der Waals surface area contributed by atoms with E-state index in [2.05, 4.69) is 0 Å². The van der Waals surface area contributed by atoms with Crippen molar-refractivity contribution in [1.82, 2.24) is 9.29 Å². The minimum Gasteiger partial charge on any atom is -0.347 e. The second-order valence-corrected chi connectivity index (χ2v) is 11.1. The average Bonchev–Trinajstić information content (AvgIpc) is 3.50. The van der Waals surface area contributed by atoms with Crippen LogP contribution >= 0.6 is 11.6 Å². The molecule has 4 rings (SSSR count). The number of nitrogens with one attached hydrogen (secondary N) is 1. The Morgan fingerprint density at radius 3 is 2.44 bits per heavy atom. The van der Waals surface area contributed by atoms with Gasteiger partial charge in [-0.2, -0.15) is 17.9 Å². The summed E-state index contributed by atoms with van der Waals surface area (Å²) in [6.45, 7) is 4.43. The normalized spacial score (nSPS) is 16.1. The first-order valence-electron chi connectivity index (χ1n) is 10.4. The molecule has 0 amide bonds. The first-order chi connectivity index (χ1) is 15.0. The van der Waals surface area contributed by atoms with E-state index in [1.807, 2.05) is 42.8 Å². The van der Waals surface area contributed by atoms with Crippen LogP contribution in [0, 0.1) is 5.92 Å². The van der Waals surface area contributed by atoms with Crippen LogP contribution in [0.5, 0.6) is 0 Å². The predicted molar refractivity (Wildman–Crippen MR) is 121 cm³/mol. The molecule has 0 spiro atoms. The fourth-order valence-corrected chi connectivity index (χ4v) is 5.69. The number of aromatic nitrogens is 1. The van der Waals surface area contributed by atoms with Crippen LogP contribution in [-0.4, -0.2) is 24.4 Å². The molecule has 1 aliphatic rings. The van der Waals surface area contributed by atoms with Gasteiger partial charge in [-0.3, -0.25) is 0 Å². The van der Waals surface area contributed by atoms with Crippen LogP contribution in [0.15, 0.2) is 48.7 Å². The van der Waals surface area contributed by atoms with Gasteiger partial charge in [0.1, 0.15) is 6.04 Å². The van der Waals surface area contributed by atoms with Gasteiger partial charge in [-0.05, 0) is 36.5 Å². The summed E-state index contributed by atoms with van der Waals surface area (Å²) in [5.74, 6) is 0.176. The van der Waals surface area contributed by atoms with E-state index >= 15 is 0 Å². The second-order valence-electron chi connectivity index (χ2n) is 8.68. The highest BCUT2D eigenvalue weighted by Crippen LogP contribution is 2.41. The van der Waals surface area contributed by atoms with E-state index < -0.39 is 27.5 Å². The number of benzene rings is 2. The Labute approximate surface area is 190 Å². The number of alkyl halides is 3. The molecule has 1 N–H and O–H groups in total. The maximum absolute atomic E-state index is 14.1. The minimum atomic E-state index is -4.78. The Kier molecular flexibility index (Phi) is 6.07. The lowest BCUT2D eigenvalue weighted by atomic mass is 10.0. The number of halogens is 4. The largest absolute Gasteiger partial charge is 0.408 e. The predicted octanol–water partition coefficient (Wildman–Crippen LogP) is 6.30. The highest BCUT2D eigenvalue weighted by Gasteiger charge is 2.47. The van der Waals surface area contributed by atoms with Crippen LogP contribution in [0.4, 0.5) is 13.2 Å². The third-order valence-electron chi connectivity index (χ3n) is 5.54. The highest BCUT2D eigenvalue weighted by molar-refractivity contribution is 7.90. The Hall–Kier alpha value is -2.03. The van der Waals surface area contributed by atoms with Crippen molar-refractivity contribution in [3.63, 3.8) is 0 Å². The number of sulfonamides is 1. The van der Waals surface area contributed by atoms with Gasteiger partial charge in [0, 0.05) is 39.8 Å². The summed E-state index contributed by atoms with van der Waals surface area (Å²) in [5.41, 5.74) is 2.06. The molecule has 4 nitrogen and oxygen atoms in total. The molecule has 1 saturated carbocycles. The van der Waals surface area contributed by atoms with E-state index in [9.17, 15) is 21.6 Å². The maximum atomic E-state index is 14.1. The van der Waals surface area contributed by atoms with Gasteiger partial charge in [0.25, 0.3) is 0 Å². The molecule has 9 heteroatoms. The molecule has 0 unspecified atom stereocenters. The Morgan fingerprint density at radius 2 is 1.84 bits per heavy atom. The van der Waals surface area contributed by atoms with Gasteiger partial charge < -0.3 is 4.57 Å². The van der Waals surface area contributed by atoms with Crippen LogP contribution in [0.25, 0.3) is 22.0 Å². The van der Waals surface area contributed by atoms with E-state index in [1.165, 1.54) is 6.20 Å². The van der Waals surface area contributed by atoms with Gasteiger partial charge >= 0.3 is 6.18 Å². The van der Waals surface area contributed by atoms with Gasteiger partial charge in [0.05, 0.1) is 5.25 Å². The molecule has 0 bridgehead atoms. The van der Waals surface area contributed by atoms with Gasteiger partial charge in [-0.1, -0.05) is 55.8 Å². The van der Waals surface area contributed by atoms with E-state index in [-0.39, 0.29) is 11.5 Å². The molecular formula is C23H24ClF3N2O2S. The summed E-state index contributed by atoms with van der Waals surface area (Å²) >= 11 is 6.33. The molecule has 32 heavy (non-hydrogen) atoms. The van der Waals surface area contributed by atoms with E-state index in [4.69, 9.17) is 11.6 Å². The molecule has 172 valence electrons. The molecule has 3 aromatic rings. The fraction of sp³-hybridized carbons (Fsp3) is 0.391. The summed E-state index contributed by atoms with van der Waals surface area (Å²) in [5, 5.41) is 0.157. The molecule has 0 aliphatic heterocycles. The molecule has 1 fully saturated rings. The smallest absolute Gasteiger partial charge is 0.347 e. The van der Waals surface area contributed by atoms with Crippen LogP contribution in [0.3, 0.4) is 0 Å². The van der Waals surface area contributed by atoms with Crippen molar-refractivity contribution in [1.29, 1.82) is 0 Å². The summed E-state index contributed by atoms with van der Waals surface area (Å²) in [6.07, 6.45) is -2.58. The first-order valence-corrected chi connectivity index (χ1v) is 12.4. The lowest BCUT2D eigenvalue weighted by Gasteiger charge is -2.21. The van der Waals surface area contributed by atoms with Crippen molar-refractivity contribution < 1.29 is 21.6 Å². The zero-order valence-corrected chi connectivity index (χ0v) is 19.2. The Bertz CT molecular complexity index is 1250. The molecule has 1 aromatic heterocycles. The summed E-state index contributed by atoms with van der Waals surface area (Å²) < 4.78 is 70.7. The maximum Gasteiger partial charge on any atom is 0.408 e. The molecule has 1 atom stereocenters. The highest BCUT2D eigenvalue weighted by atomic mass is 35.5. The van der Waals surface area contributed by atoms with E-state index in [0.29, 0.717) is 35.3 Å². The number of rotatable bonds is 7. The van der Waals surface area contributed by atoms with Gasteiger partial charge in [-0.15, -0.1) is 0 Å². The number of hydrogen-bond acceptors (Lipinski definition) is 2. The summed E-state index contributed by atoms with van der Waals surface area (Å²) in [6, 6.07) is 10.1. The third kappa shape index (κ3) is 4.67. The van der Waals surface area contributed by atoms with Crippen molar-refractivity contribution >= 4 is 32.5 Å². The first kappa shape index (κ1) is 23.1. The zero-order chi connectivity index (χ0) is 23.3. The fourth-order valence-electron chi connectivity index (χ4n) is 3.90. The molecular weight excluding hydrogens is 461 g/mol. The number of hydrogen-bond donors (Lipinski definition) is 1. The molecule has 1 heterocycles. The van der Waals surface area contributed by atoms with Gasteiger partial charge in [-0.25, -0.2) is 8.42 Å². The SMILES string of the molecule is CC(C)Cn1cc([C@H](NS(=O)(=O)C2CC2)C(F)(F)F)c2ccc(-c3ccccc3Cl)cc21. The molecule has 0 saturated heterocycles. The lowest BCUT2D eigenvalue weighted by molar-refractivity contribution is -0.152. The van der Waals surface area contributed by atoms with Crippen LogP contribution < -0.4 is 4.72 Å². The Balaban J connectivity index is 1.87. The number of fused-ring (bicyclic) bond motifs is 1. The van der Waals surface area contributed by atoms with Gasteiger partial charge in [0.2, 0.25) is 10.0 Å². The van der Waals surface area contributed by atoms with E-state index in [0.717, 1.165) is 11.1 Å². The van der Waals surface area contributed by atoms with Crippen molar-refractivity contribution in [3.05, 3.63) is 59.2 Å². The molecule has 2 aromatic carbocycles. The van der Waals surface area contributed by atoms with E-state index in [1.54, 1.807) is 22.8 Å². The molecule has 0 radical (unpaired) electrons. The summed E-state index contributed by atoms with van der Waals surface area (Å²) in [7, 11) is -4.05. The third-order valence-corrected chi connectivity index (χ3v) is 7.79. The quantitative estimate of drug-likeness (QED) is 0.427. The minimum absolute atomic E-state index is 0.0944. The average molecular weight is 485 g/mol. The van der Waals surface area contributed by atoms with Crippen molar-refractivity contribution in [2.45, 2.75) is 50.7 Å². The van der Waals surface area contributed by atoms with Crippen molar-refractivity contribution in [3.8, 4) is 11.1 Å². The van der Waals surface area contributed by atoms with Gasteiger partial charge in [0.15, 0.2) is 0 Å². The number of nitrogens with zero attached hydrogens (tertiary/aromatic N) is 1. The van der Waals surface area contributed by atoms with Crippen LogP contribution in [-0.2, 0) is 16.6 Å². The van der Waals surface area contributed by atoms with Crippen LogP contribution in [0.1, 0.15) is 38.3 Å². The van der Waals surface area contributed by atoms with Crippen LogP contribution in [0.2, 0.25) is 5.02 Å². The lowest BCUT2D eigenvalue weighted by Crippen LogP contribution is -2.39. The van der Waals surface area contributed by atoms with Crippen molar-refractivity contribution in [2.24, 2.45) is 5.92 Å². The van der Waals surface area contributed by atoms with Crippen molar-refractivity contribution in [2.75, 3.05) is 0 Å². The topological polar surface area (TPSA) is 51.1 Å². The monoisotopic (exact) mass is 484 g/mol. The second kappa shape index (κ2) is 8.39. The standard InChI is InChI=1S/C23H24ClF3N2O2S/c1-14(2)12-29-13-19(22(23(25,26)27)28-32(30,31)16-8-9-16)18-10-7-15(11-21(18)29)17-5-3-4-6-20(17)24/h3-7,10-11,13-14,16,22,28H,8-9,12H2,1-2H3/t22-/m0/s1. The summed E-state index contributed by atoms with van der Waals surface area (Å²) in [4.78, 5) is 0. The zero-order valence-electron chi connectivity index (χ0n) is 17.7. The molecule has 1 aliphatic carbocycles. The Morgan fingerprint density at radius 1 is 1.16 bits per heavy atom.